The molecule has 4 aliphatic carbocycles. The molecule has 1 radical (unpaired) electrons. The average Bonchev–Trinajstić information content (AvgIpc) is 1.70. The van der Waals surface area contributed by atoms with Crippen LogP contribution in [0.25, 0.3) is 74.2 Å². The third-order valence-corrected chi connectivity index (χ3v) is 23.1. The summed E-state index contributed by atoms with van der Waals surface area (Å²) in [4.78, 5) is 62.8. The number of ketones is 1. The number of nitrogens with one attached hydrogen (secondary N) is 1. The van der Waals surface area contributed by atoms with Crippen LogP contribution in [0.5, 0.6) is 0 Å². The number of rotatable bonds is 13. The number of nitro groups is 1. The standard InChI is InChI=1S/C41H56N6O7.2C17H10NS.Ir/c1-25(5-14-37(51)46-21-19-45(20-22-46)34-11-12-35(47(52)53)39-38(34)43-54-44-39)31-9-10-32-30-8-6-27-24-28(42-36(50)13-7-29(49)23-26(2)48)15-17-40(27,3)33(30)16-18-41(31,32)4;2*1-3-7-14-12(5-1)9-10-15(18-14)17-11-13-6-2-4-8-16(13)19-17;/h6,11-12,23,25,28,30-33,48H,5,7-10,13-22,24H2,1-4H3,(H,42,50);2*1-10H;/q;2*-1;/p+1/b26-23-;;;. The number of carbonyl (C=O) groups excluding carboxylic acids is 3. The zero-order valence-electron chi connectivity index (χ0n) is 52.9. The molecular weight excluding hydrogens is 1380 g/mol. The molecule has 8 atom stereocenters. The Morgan fingerprint density at radius 3 is 2.00 bits per heavy atom. The summed E-state index contributed by atoms with van der Waals surface area (Å²) < 4.78 is 7.36. The summed E-state index contributed by atoms with van der Waals surface area (Å²) in [6, 6.07) is 51.5. The molecule has 5 aromatic heterocycles. The molecule has 0 spiro atoms. The number of anilines is 1. The Labute approximate surface area is 563 Å². The van der Waals surface area contributed by atoms with Crippen LogP contribution in [0, 0.1) is 62.7 Å². The van der Waals surface area contributed by atoms with E-state index in [9.17, 15) is 29.6 Å². The summed E-state index contributed by atoms with van der Waals surface area (Å²) in [6.07, 6.45) is 14.8. The molecule has 18 heteroatoms. The van der Waals surface area contributed by atoms with Gasteiger partial charge < -0.3 is 20.2 Å². The number of para-hydroxylation sites is 2. The number of aliphatic hydroxyl groups excluding tert-OH is 1. The first-order chi connectivity index (χ1) is 44.6. The number of pyridine rings is 2. The monoisotopic (exact) mass is 1460 g/mol. The van der Waals surface area contributed by atoms with Crippen molar-refractivity contribution in [1.29, 1.82) is 0 Å². The number of nitrogens with zero attached hydrogens (tertiary/aromatic N) is 7. The smallest absolute Gasteiger partial charge is 0.320 e. The number of benzene rings is 5. The molecule has 6 heterocycles. The summed E-state index contributed by atoms with van der Waals surface area (Å²) in [5.74, 6) is 3.35. The van der Waals surface area contributed by atoms with Gasteiger partial charge in [0.15, 0.2) is 5.52 Å². The summed E-state index contributed by atoms with van der Waals surface area (Å²) in [6.45, 7) is 11.3. The maximum atomic E-state index is 13.5. The van der Waals surface area contributed by atoms with Crippen LogP contribution in [0.2, 0.25) is 0 Å². The molecule has 481 valence electrons. The Morgan fingerprint density at radius 1 is 0.763 bits per heavy atom. The minimum atomic E-state index is -0.483. The molecular formula is C75H77IrN8O7S2-. The number of non-ortho nitro benzene ring substituents is 1. The van der Waals surface area contributed by atoms with Crippen LogP contribution < -0.4 is 10.2 Å². The van der Waals surface area contributed by atoms with Crippen molar-refractivity contribution in [2.45, 2.75) is 111 Å². The van der Waals surface area contributed by atoms with Gasteiger partial charge in [0, 0.05) is 82.6 Å². The first-order valence-corrected chi connectivity index (χ1v) is 34.1. The van der Waals surface area contributed by atoms with E-state index in [-0.39, 0.29) is 79.0 Å². The second-order valence-electron chi connectivity index (χ2n) is 26.4. The molecule has 8 unspecified atom stereocenters. The van der Waals surface area contributed by atoms with Crippen molar-refractivity contribution in [3.8, 4) is 21.1 Å². The van der Waals surface area contributed by atoms with Crippen LogP contribution in [-0.2, 0) is 29.7 Å². The van der Waals surface area contributed by atoms with Crippen molar-refractivity contribution in [3.63, 3.8) is 0 Å². The predicted molar refractivity (Wildman–Crippen MR) is 368 cm³/mol. The van der Waals surface area contributed by atoms with Gasteiger partial charge in [0.05, 0.1) is 39.9 Å². The van der Waals surface area contributed by atoms with Gasteiger partial charge >= 0.3 is 11.5 Å². The number of hydrogen-bond donors (Lipinski definition) is 2. The zero-order chi connectivity index (χ0) is 63.7. The van der Waals surface area contributed by atoms with Crippen molar-refractivity contribution in [1.82, 2.24) is 30.5 Å². The van der Waals surface area contributed by atoms with Crippen LogP contribution in [0.15, 0.2) is 162 Å². The molecule has 2 amide bonds. The number of piperazine rings is 1. The van der Waals surface area contributed by atoms with E-state index in [1.54, 1.807) is 28.7 Å². The number of thiophene rings is 2. The SMILES string of the molecule is C/C(O)=C/C(=[OH+])CCC(=O)NC1CCC2(C)C(=CCC3C2CCC2(C)C(C(C)CCC(=O)N4CCN(c5ccc([N+](=O)[O-])c6nonc56)CC4)CCC32)C1.[Ir].[c-]1c(-c2ccc3ccccc3n2)sc2ccccc12.[c-]1c(-c2ccc3ccccc3n2)sc2ccccc12. The number of aromatic nitrogens is 4. The molecule has 0 bridgehead atoms. The number of carbonyl (C=O) groups is 2. The van der Waals surface area contributed by atoms with Crippen LogP contribution >= 0.6 is 22.7 Å². The zero-order valence-corrected chi connectivity index (χ0v) is 56.9. The number of amides is 2. The van der Waals surface area contributed by atoms with Crippen LogP contribution in [0.4, 0.5) is 11.4 Å². The van der Waals surface area contributed by atoms with E-state index >= 15 is 0 Å². The average molecular weight is 1460 g/mol. The number of fused-ring (bicyclic) bond motifs is 10. The molecule has 5 aliphatic rings. The van der Waals surface area contributed by atoms with E-state index in [4.69, 9.17) is 14.6 Å². The predicted octanol–water partition coefficient (Wildman–Crippen LogP) is 16.9. The molecule has 1 saturated heterocycles. The third-order valence-electron chi connectivity index (χ3n) is 20.9. The molecule has 15 rings (SSSR count). The van der Waals surface area contributed by atoms with E-state index in [1.807, 2.05) is 53.4 Å². The normalized spacial score (nSPS) is 22.9. The number of hydrogen-bond acceptors (Lipinski definition) is 13. The maximum Gasteiger partial charge on any atom is 0.320 e. The van der Waals surface area contributed by atoms with Gasteiger partial charge in [0.25, 0.3) is 0 Å². The van der Waals surface area contributed by atoms with Crippen molar-refractivity contribution in [3.05, 3.63) is 179 Å². The van der Waals surface area contributed by atoms with E-state index in [2.05, 4.69) is 132 Å². The molecule has 15 nitrogen and oxygen atoms in total. The van der Waals surface area contributed by atoms with Gasteiger partial charge in [-0.25, -0.2) is 27.3 Å². The summed E-state index contributed by atoms with van der Waals surface area (Å²) >= 11 is 3.48. The Bertz CT molecular complexity index is 4260. The maximum absolute atomic E-state index is 13.5. The molecule has 3 saturated carbocycles. The summed E-state index contributed by atoms with van der Waals surface area (Å²) in [7, 11) is 0. The summed E-state index contributed by atoms with van der Waals surface area (Å²) in [5.41, 5.74) is 7.18. The molecule has 10 aromatic rings. The first kappa shape index (κ1) is 65.1. The number of nitro benzene ring substituents is 1. The van der Waals surface area contributed by atoms with Gasteiger partial charge in [-0.05, 0) is 164 Å². The Kier molecular flexibility index (Phi) is 19.5. The third kappa shape index (κ3) is 13.7. The number of aliphatic hydroxyl groups is 1. The molecule has 5 aromatic carbocycles. The van der Waals surface area contributed by atoms with Gasteiger partial charge in [-0.3, -0.25) is 34.5 Å². The van der Waals surface area contributed by atoms with E-state index in [0.29, 0.717) is 73.1 Å². The van der Waals surface area contributed by atoms with Crippen LogP contribution in [0.1, 0.15) is 105 Å². The minimum absolute atomic E-state index is 0. The van der Waals surface area contributed by atoms with Crippen LogP contribution in [0.3, 0.4) is 0 Å². The largest absolute Gasteiger partial charge is 0.512 e. The van der Waals surface area contributed by atoms with Crippen molar-refractivity contribution >= 4 is 105 Å². The van der Waals surface area contributed by atoms with Crippen LogP contribution in [-0.4, -0.2) is 89.8 Å². The fourth-order valence-corrected chi connectivity index (χ4v) is 18.2. The molecule has 1 aliphatic heterocycles. The van der Waals surface area contributed by atoms with E-state index in [0.717, 1.165) is 80.7 Å². The van der Waals surface area contributed by atoms with E-state index < -0.39 is 4.92 Å². The van der Waals surface area contributed by atoms with Gasteiger partial charge in [-0.2, -0.15) is 0 Å². The van der Waals surface area contributed by atoms with Gasteiger partial charge in [-0.1, -0.05) is 117 Å². The fourth-order valence-electron chi connectivity index (χ4n) is 16.2. The Hall–Kier alpha value is -8.02. The quantitative estimate of drug-likeness (QED) is 0.0211. The van der Waals surface area contributed by atoms with E-state index in [1.165, 1.54) is 70.5 Å². The Balaban J connectivity index is 0.000000171. The molecule has 3 N–H and O–H groups in total. The van der Waals surface area contributed by atoms with Gasteiger partial charge in [0.2, 0.25) is 17.3 Å². The van der Waals surface area contributed by atoms with Gasteiger partial charge in [0.1, 0.15) is 0 Å². The second-order valence-corrected chi connectivity index (χ2v) is 28.5. The van der Waals surface area contributed by atoms with Crippen molar-refractivity contribution < 1.29 is 49.1 Å². The molecule has 4 fully saturated rings. The minimum Gasteiger partial charge on any atom is -0.512 e. The fraction of sp³-hybridized carbons (Fsp3) is 0.373. The molecule has 93 heavy (non-hydrogen) atoms. The second kappa shape index (κ2) is 27.9. The Morgan fingerprint density at radius 2 is 1.38 bits per heavy atom. The summed E-state index contributed by atoms with van der Waals surface area (Å²) in [5, 5.41) is 36.4. The number of allylic oxidation sites excluding steroid dienone is 3. The van der Waals surface area contributed by atoms with Crippen molar-refractivity contribution in [2.24, 2.45) is 40.4 Å². The topological polar surface area (TPSA) is 202 Å². The van der Waals surface area contributed by atoms with Gasteiger partial charge in [-0.15, -0.1) is 47.2 Å². The first-order valence-electron chi connectivity index (χ1n) is 32.5. The van der Waals surface area contributed by atoms with Crippen molar-refractivity contribution in [2.75, 3.05) is 31.1 Å².